The van der Waals surface area contributed by atoms with E-state index in [9.17, 15) is 31.8 Å². The summed E-state index contributed by atoms with van der Waals surface area (Å²) >= 11 is 1.06. The number of aromatic nitrogens is 3. The van der Waals surface area contributed by atoms with Crippen molar-refractivity contribution >= 4 is 26.1 Å². The Labute approximate surface area is 185 Å². The molecule has 0 amide bonds. The Morgan fingerprint density at radius 3 is 2.42 bits per heavy atom. The molecule has 0 aliphatic rings. The van der Waals surface area contributed by atoms with Crippen LogP contribution in [0.15, 0.2) is 23.1 Å². The minimum absolute atomic E-state index is 0.0256. The largest absolute Gasteiger partial charge is 0.417 e. The quantitative estimate of drug-likeness (QED) is 0.579. The molecule has 0 aliphatic heterocycles. The normalized spacial score (nSPS) is 17.3. The maximum Gasteiger partial charge on any atom is 0.417 e. The van der Waals surface area contributed by atoms with E-state index in [1.807, 2.05) is 0 Å². The predicted molar refractivity (Wildman–Crippen MR) is 110 cm³/mol. The molecule has 0 fully saturated rings. The number of alkyl halides is 3. The molecule has 1 unspecified atom stereocenters. The lowest BCUT2D eigenvalue weighted by molar-refractivity contribution is -0.139. The third-order valence-corrected chi connectivity index (χ3v) is 7.44. The topological polar surface area (TPSA) is 105 Å². The molecule has 1 aromatic carbocycles. The van der Waals surface area contributed by atoms with Gasteiger partial charge in [0.25, 0.3) is 0 Å². The third-order valence-electron chi connectivity index (χ3n) is 4.27. The summed E-state index contributed by atoms with van der Waals surface area (Å²) in [5.74, 6) is -1.45. The predicted octanol–water partition coefficient (Wildman–Crippen LogP) is 3.56. The standard InChI is InChI=1S/C19H22F3N3O4S2/c1-10-14(25-16(23-10)30-15(24-25)18(4,5)27)11-6-7-12(19(20,21)22)13(8-11)31(28,29)9-17(2,3)26/h6-8,26-27H,9H2,1-5H3/i2D3. The van der Waals surface area contributed by atoms with Crippen molar-refractivity contribution < 1.29 is 35.9 Å². The van der Waals surface area contributed by atoms with Gasteiger partial charge in [-0.2, -0.15) is 18.3 Å². The molecular formula is C19H22F3N3O4S2. The fourth-order valence-electron chi connectivity index (χ4n) is 3.04. The van der Waals surface area contributed by atoms with Crippen molar-refractivity contribution in [1.29, 1.82) is 0 Å². The number of aliphatic hydroxyl groups is 2. The fourth-order valence-corrected chi connectivity index (χ4v) is 5.70. The Kier molecular flexibility index (Phi) is 4.60. The van der Waals surface area contributed by atoms with Crippen LogP contribution in [0.5, 0.6) is 0 Å². The van der Waals surface area contributed by atoms with Crippen molar-refractivity contribution in [3.63, 3.8) is 0 Å². The monoisotopic (exact) mass is 480 g/mol. The summed E-state index contributed by atoms with van der Waals surface area (Å²) < 4.78 is 90.4. The van der Waals surface area contributed by atoms with Gasteiger partial charge in [-0.1, -0.05) is 17.4 Å². The smallest absolute Gasteiger partial charge is 0.389 e. The van der Waals surface area contributed by atoms with Gasteiger partial charge in [-0.05, 0) is 46.7 Å². The lowest BCUT2D eigenvalue weighted by Crippen LogP contribution is -2.31. The van der Waals surface area contributed by atoms with E-state index in [4.69, 9.17) is 4.11 Å². The number of sulfone groups is 1. The maximum absolute atomic E-state index is 13.7. The van der Waals surface area contributed by atoms with Gasteiger partial charge < -0.3 is 10.2 Å². The van der Waals surface area contributed by atoms with Crippen LogP contribution < -0.4 is 0 Å². The summed E-state index contributed by atoms with van der Waals surface area (Å²) in [6, 6.07) is 2.41. The molecule has 3 rings (SSSR count). The van der Waals surface area contributed by atoms with Crippen molar-refractivity contribution in [2.45, 2.75) is 56.8 Å². The number of aryl methyl sites for hydroxylation is 1. The van der Waals surface area contributed by atoms with Crippen molar-refractivity contribution in [3.05, 3.63) is 34.5 Å². The molecule has 2 N–H and O–H groups in total. The van der Waals surface area contributed by atoms with Crippen molar-refractivity contribution in [1.82, 2.24) is 14.6 Å². The van der Waals surface area contributed by atoms with Gasteiger partial charge >= 0.3 is 6.18 Å². The summed E-state index contributed by atoms with van der Waals surface area (Å²) in [4.78, 5) is 3.46. The first-order valence-corrected chi connectivity index (χ1v) is 11.4. The van der Waals surface area contributed by atoms with E-state index in [1.165, 1.54) is 18.4 Å². The third kappa shape index (κ3) is 4.76. The fraction of sp³-hybridized carbons (Fsp3) is 0.474. The Hall–Kier alpha value is -2.02. The van der Waals surface area contributed by atoms with Crippen molar-refractivity contribution in [2.75, 3.05) is 5.75 Å². The van der Waals surface area contributed by atoms with Gasteiger partial charge in [0, 0.05) is 9.68 Å². The molecule has 2 heterocycles. The highest BCUT2D eigenvalue weighted by molar-refractivity contribution is 7.91. The number of rotatable bonds is 5. The second kappa shape index (κ2) is 7.26. The van der Waals surface area contributed by atoms with Crippen LogP contribution in [-0.2, 0) is 21.6 Å². The van der Waals surface area contributed by atoms with E-state index in [0.717, 1.165) is 30.4 Å². The van der Waals surface area contributed by atoms with Gasteiger partial charge in [-0.25, -0.2) is 17.9 Å². The highest BCUT2D eigenvalue weighted by atomic mass is 32.2. The molecule has 7 nitrogen and oxygen atoms in total. The van der Waals surface area contributed by atoms with E-state index < -0.39 is 50.3 Å². The average molecular weight is 481 g/mol. The molecule has 31 heavy (non-hydrogen) atoms. The summed E-state index contributed by atoms with van der Waals surface area (Å²) in [5, 5.41) is 25.0. The van der Waals surface area contributed by atoms with Gasteiger partial charge in [0.1, 0.15) is 10.6 Å². The molecule has 12 heteroatoms. The number of imidazole rings is 1. The Bertz CT molecular complexity index is 1360. The molecule has 0 radical (unpaired) electrons. The Morgan fingerprint density at radius 1 is 1.23 bits per heavy atom. The molecule has 0 spiro atoms. The van der Waals surface area contributed by atoms with Crippen LogP contribution in [0.3, 0.4) is 0 Å². The Balaban J connectivity index is 2.25. The van der Waals surface area contributed by atoms with Gasteiger partial charge in [0.2, 0.25) is 4.96 Å². The van der Waals surface area contributed by atoms with Crippen LogP contribution in [0, 0.1) is 6.92 Å². The van der Waals surface area contributed by atoms with Crippen molar-refractivity contribution in [2.24, 2.45) is 0 Å². The van der Waals surface area contributed by atoms with E-state index in [-0.39, 0.29) is 16.3 Å². The average Bonchev–Trinajstić information content (AvgIpc) is 3.15. The molecule has 170 valence electrons. The van der Waals surface area contributed by atoms with Crippen LogP contribution >= 0.6 is 11.3 Å². The van der Waals surface area contributed by atoms with E-state index in [1.54, 1.807) is 6.92 Å². The number of fused-ring (bicyclic) bond motifs is 1. The van der Waals surface area contributed by atoms with E-state index in [0.29, 0.717) is 16.7 Å². The zero-order valence-electron chi connectivity index (χ0n) is 19.9. The van der Waals surface area contributed by atoms with Crippen LogP contribution in [0.4, 0.5) is 13.2 Å². The van der Waals surface area contributed by atoms with Gasteiger partial charge in [-0.3, -0.25) is 0 Å². The lowest BCUT2D eigenvalue weighted by atomic mass is 10.1. The summed E-state index contributed by atoms with van der Waals surface area (Å²) in [7, 11) is -4.93. The van der Waals surface area contributed by atoms with Gasteiger partial charge in [0.15, 0.2) is 9.84 Å². The minimum atomic E-state index is -5.07. The minimum Gasteiger partial charge on any atom is -0.389 e. The summed E-state index contributed by atoms with van der Waals surface area (Å²) in [6.45, 7) is 2.13. The SMILES string of the molecule is [2H]C([2H])([2H])C(C)(O)CS(=O)(=O)c1cc(-c2c(C)nc3sc(C(C)(C)O)nn23)ccc1C(F)(F)F. The highest BCUT2D eigenvalue weighted by Crippen LogP contribution is 2.39. The number of hydrogen-bond donors (Lipinski definition) is 2. The molecule has 0 saturated heterocycles. The molecule has 0 aliphatic carbocycles. The molecule has 0 bridgehead atoms. The number of nitrogens with zero attached hydrogens (tertiary/aromatic N) is 3. The van der Waals surface area contributed by atoms with Crippen LogP contribution in [0.2, 0.25) is 0 Å². The van der Waals surface area contributed by atoms with E-state index in [2.05, 4.69) is 10.1 Å². The molecule has 3 aromatic rings. The zero-order chi connectivity index (χ0) is 26.1. The van der Waals surface area contributed by atoms with Gasteiger partial charge in [-0.15, -0.1) is 0 Å². The zero-order valence-corrected chi connectivity index (χ0v) is 18.6. The maximum atomic E-state index is 13.7. The van der Waals surface area contributed by atoms with Gasteiger partial charge in [0.05, 0.1) is 33.2 Å². The summed E-state index contributed by atoms with van der Waals surface area (Å²) in [5.41, 5.74) is -5.02. The molecule has 2 aromatic heterocycles. The van der Waals surface area contributed by atoms with Crippen molar-refractivity contribution in [3.8, 4) is 11.3 Å². The second-order valence-corrected chi connectivity index (χ2v) is 10.9. The summed E-state index contributed by atoms with van der Waals surface area (Å²) in [6.07, 6.45) is -5.07. The van der Waals surface area contributed by atoms with Crippen LogP contribution in [0.25, 0.3) is 16.2 Å². The highest BCUT2D eigenvalue weighted by Gasteiger charge is 2.39. The second-order valence-electron chi connectivity index (χ2n) is 7.95. The first kappa shape index (κ1) is 19.6. The lowest BCUT2D eigenvalue weighted by Gasteiger charge is -2.20. The van der Waals surface area contributed by atoms with Crippen LogP contribution in [-0.4, -0.2) is 44.6 Å². The van der Waals surface area contributed by atoms with Crippen LogP contribution in [0.1, 0.15) is 48.0 Å². The molecular weight excluding hydrogens is 455 g/mol. The molecule has 1 atom stereocenters. The molecule has 0 saturated carbocycles. The number of benzene rings is 1. The van der Waals surface area contributed by atoms with E-state index >= 15 is 0 Å². The number of hydrogen-bond acceptors (Lipinski definition) is 7. The number of halogens is 3. The first-order valence-electron chi connectivity index (χ1n) is 10.4. The first-order chi connectivity index (χ1) is 15.1. The Morgan fingerprint density at radius 2 is 1.87 bits per heavy atom.